The van der Waals surface area contributed by atoms with Crippen LogP contribution in [-0.4, -0.2) is 0 Å². The summed E-state index contributed by atoms with van der Waals surface area (Å²) in [4.78, 5) is 0. The van der Waals surface area contributed by atoms with E-state index in [2.05, 4.69) is 5.73 Å². The molecule has 0 fully saturated rings. The molecule has 60 valence electrons. The van der Waals surface area contributed by atoms with Gasteiger partial charge in [-0.3, -0.25) is 0 Å². The van der Waals surface area contributed by atoms with Crippen LogP contribution in [0.1, 0.15) is 18.5 Å². The Morgan fingerprint density at radius 3 is 2.36 bits per heavy atom. The quantitative estimate of drug-likeness (QED) is 0.705. The molecule has 0 heterocycles. The zero-order chi connectivity index (χ0) is 8.43. The predicted octanol–water partition coefficient (Wildman–Crippen LogP) is 2.30. The third-order valence-corrected chi connectivity index (χ3v) is 2.25. The van der Waals surface area contributed by atoms with E-state index in [9.17, 15) is 0 Å². The average molecular weight is 191 g/mol. The number of quaternary nitrogens is 1. The summed E-state index contributed by atoms with van der Waals surface area (Å²) in [6.07, 6.45) is 0. The van der Waals surface area contributed by atoms with E-state index in [1.807, 2.05) is 19.1 Å². The molecule has 3 N–H and O–H groups in total. The number of hydrogen-bond acceptors (Lipinski definition) is 0. The minimum Gasteiger partial charge on any atom is -0.352 e. The number of halogens is 2. The monoisotopic (exact) mass is 190 g/mol. The van der Waals surface area contributed by atoms with Gasteiger partial charge >= 0.3 is 0 Å². The molecule has 0 unspecified atom stereocenters. The zero-order valence-electron chi connectivity index (χ0n) is 6.27. The first-order valence-corrected chi connectivity index (χ1v) is 4.15. The maximum absolute atomic E-state index is 5.80. The maximum Gasteiger partial charge on any atom is 0.107 e. The SMILES string of the molecule is C[C@H]([NH3+])c1ccc(Cl)c(Cl)c1. The van der Waals surface area contributed by atoms with Crippen LogP contribution in [0.3, 0.4) is 0 Å². The molecule has 0 amide bonds. The summed E-state index contributed by atoms with van der Waals surface area (Å²) < 4.78 is 0. The van der Waals surface area contributed by atoms with Crippen molar-refractivity contribution in [2.75, 3.05) is 0 Å². The highest BCUT2D eigenvalue weighted by Crippen LogP contribution is 2.24. The van der Waals surface area contributed by atoms with Crippen LogP contribution in [-0.2, 0) is 0 Å². The first-order valence-electron chi connectivity index (χ1n) is 3.39. The molecular formula is C8H10Cl2N+. The molecule has 1 aromatic rings. The van der Waals surface area contributed by atoms with Crippen LogP contribution in [0.2, 0.25) is 10.0 Å². The van der Waals surface area contributed by atoms with E-state index in [1.54, 1.807) is 6.07 Å². The van der Waals surface area contributed by atoms with E-state index in [0.717, 1.165) is 5.56 Å². The Balaban J connectivity index is 3.05. The Kier molecular flexibility index (Phi) is 2.77. The molecule has 0 aliphatic rings. The molecule has 3 heteroatoms. The van der Waals surface area contributed by atoms with Crippen LogP contribution < -0.4 is 5.73 Å². The molecule has 0 saturated carbocycles. The van der Waals surface area contributed by atoms with E-state index >= 15 is 0 Å². The van der Waals surface area contributed by atoms with Gasteiger partial charge in [0.25, 0.3) is 0 Å². The van der Waals surface area contributed by atoms with Gasteiger partial charge in [-0.1, -0.05) is 29.3 Å². The zero-order valence-corrected chi connectivity index (χ0v) is 7.78. The summed E-state index contributed by atoms with van der Waals surface area (Å²) in [5.41, 5.74) is 4.99. The number of benzene rings is 1. The van der Waals surface area contributed by atoms with E-state index in [1.165, 1.54) is 0 Å². The second-order valence-electron chi connectivity index (χ2n) is 2.57. The van der Waals surface area contributed by atoms with Gasteiger partial charge in [-0.15, -0.1) is 0 Å². The van der Waals surface area contributed by atoms with E-state index < -0.39 is 0 Å². The Morgan fingerprint density at radius 1 is 1.27 bits per heavy atom. The van der Waals surface area contributed by atoms with Crippen molar-refractivity contribution in [3.8, 4) is 0 Å². The topological polar surface area (TPSA) is 27.6 Å². The van der Waals surface area contributed by atoms with E-state index in [0.29, 0.717) is 10.0 Å². The van der Waals surface area contributed by atoms with Gasteiger partial charge in [0, 0.05) is 5.56 Å². The summed E-state index contributed by atoms with van der Waals surface area (Å²) in [6, 6.07) is 5.83. The normalized spacial score (nSPS) is 13.1. The van der Waals surface area contributed by atoms with Crippen LogP contribution in [0.25, 0.3) is 0 Å². The molecule has 1 aromatic carbocycles. The van der Waals surface area contributed by atoms with Crippen molar-refractivity contribution in [3.05, 3.63) is 33.8 Å². The number of hydrogen-bond donors (Lipinski definition) is 1. The summed E-state index contributed by atoms with van der Waals surface area (Å²) in [5, 5.41) is 1.19. The lowest BCUT2D eigenvalue weighted by atomic mass is 10.1. The second kappa shape index (κ2) is 3.44. The highest BCUT2D eigenvalue weighted by molar-refractivity contribution is 6.42. The van der Waals surface area contributed by atoms with Crippen molar-refractivity contribution >= 4 is 23.2 Å². The minimum absolute atomic E-state index is 0.254. The Bertz CT molecular complexity index is 258. The van der Waals surface area contributed by atoms with Crippen LogP contribution in [0, 0.1) is 0 Å². The Labute approximate surface area is 76.1 Å². The molecule has 1 rings (SSSR count). The molecule has 0 saturated heterocycles. The minimum atomic E-state index is 0.254. The van der Waals surface area contributed by atoms with Crippen LogP contribution in [0.4, 0.5) is 0 Å². The Hall–Kier alpha value is -0.240. The van der Waals surface area contributed by atoms with Crippen molar-refractivity contribution < 1.29 is 5.73 Å². The smallest absolute Gasteiger partial charge is 0.107 e. The van der Waals surface area contributed by atoms with Crippen molar-refractivity contribution in [1.29, 1.82) is 0 Å². The van der Waals surface area contributed by atoms with Gasteiger partial charge in [-0.05, 0) is 19.1 Å². The van der Waals surface area contributed by atoms with E-state index in [4.69, 9.17) is 23.2 Å². The molecule has 11 heavy (non-hydrogen) atoms. The summed E-state index contributed by atoms with van der Waals surface area (Å²) in [7, 11) is 0. The number of rotatable bonds is 1. The fourth-order valence-corrected chi connectivity index (χ4v) is 1.13. The van der Waals surface area contributed by atoms with Gasteiger partial charge in [0.1, 0.15) is 6.04 Å². The summed E-state index contributed by atoms with van der Waals surface area (Å²) in [5.74, 6) is 0. The third-order valence-electron chi connectivity index (χ3n) is 1.51. The molecule has 0 radical (unpaired) electrons. The van der Waals surface area contributed by atoms with Crippen molar-refractivity contribution in [3.63, 3.8) is 0 Å². The van der Waals surface area contributed by atoms with Gasteiger partial charge in [0.05, 0.1) is 10.0 Å². The lowest BCUT2D eigenvalue weighted by Gasteiger charge is -2.02. The van der Waals surface area contributed by atoms with E-state index in [-0.39, 0.29) is 6.04 Å². The fraction of sp³-hybridized carbons (Fsp3) is 0.250. The van der Waals surface area contributed by atoms with Crippen molar-refractivity contribution in [1.82, 2.24) is 0 Å². The molecule has 0 aliphatic carbocycles. The first-order chi connectivity index (χ1) is 5.11. The van der Waals surface area contributed by atoms with Crippen LogP contribution in [0.15, 0.2) is 18.2 Å². The fourth-order valence-electron chi connectivity index (χ4n) is 0.819. The van der Waals surface area contributed by atoms with Crippen LogP contribution in [0.5, 0.6) is 0 Å². The van der Waals surface area contributed by atoms with Crippen molar-refractivity contribution in [2.45, 2.75) is 13.0 Å². The van der Waals surface area contributed by atoms with Gasteiger partial charge in [0.15, 0.2) is 0 Å². The lowest BCUT2D eigenvalue weighted by molar-refractivity contribution is -0.420. The summed E-state index contributed by atoms with van der Waals surface area (Å²) >= 11 is 11.5. The van der Waals surface area contributed by atoms with Gasteiger partial charge < -0.3 is 5.73 Å². The summed E-state index contributed by atoms with van der Waals surface area (Å²) in [6.45, 7) is 2.01. The maximum atomic E-state index is 5.80. The standard InChI is InChI=1S/C8H9Cl2N/c1-5(11)6-2-3-7(9)8(10)4-6/h2-5H,11H2,1H3/p+1/t5-/m0/s1. The molecule has 1 nitrogen and oxygen atoms in total. The van der Waals surface area contributed by atoms with Gasteiger partial charge in [-0.25, -0.2) is 0 Å². The highest BCUT2D eigenvalue weighted by atomic mass is 35.5. The average Bonchev–Trinajstić information content (AvgIpc) is 1.94. The third kappa shape index (κ3) is 2.09. The molecular weight excluding hydrogens is 181 g/mol. The molecule has 0 bridgehead atoms. The first kappa shape index (κ1) is 8.85. The predicted molar refractivity (Wildman–Crippen MR) is 47.8 cm³/mol. The largest absolute Gasteiger partial charge is 0.352 e. The molecule has 0 spiro atoms. The van der Waals surface area contributed by atoms with Gasteiger partial charge in [-0.2, -0.15) is 0 Å². The molecule has 0 aliphatic heterocycles. The van der Waals surface area contributed by atoms with Crippen LogP contribution >= 0.6 is 23.2 Å². The molecule has 0 aromatic heterocycles. The van der Waals surface area contributed by atoms with Crippen molar-refractivity contribution in [2.24, 2.45) is 0 Å². The second-order valence-corrected chi connectivity index (χ2v) is 3.39. The highest BCUT2D eigenvalue weighted by Gasteiger charge is 2.04. The lowest BCUT2D eigenvalue weighted by Crippen LogP contribution is -2.51. The Morgan fingerprint density at radius 2 is 1.91 bits per heavy atom. The molecule has 1 atom stereocenters. The van der Waals surface area contributed by atoms with Gasteiger partial charge in [0.2, 0.25) is 0 Å².